The Kier molecular flexibility index (Phi) is 5.23. The lowest BCUT2D eigenvalue weighted by Gasteiger charge is -2.23. The minimum absolute atomic E-state index is 0.507. The van der Waals surface area contributed by atoms with E-state index in [4.69, 9.17) is 4.74 Å². The predicted octanol–water partition coefficient (Wildman–Crippen LogP) is 3.43. The number of rotatable bonds is 6. The number of hydrogen-bond donors (Lipinski definition) is 1. The van der Waals surface area contributed by atoms with Crippen LogP contribution >= 0.6 is 0 Å². The lowest BCUT2D eigenvalue weighted by Crippen LogP contribution is -2.24. The average molecular weight is 285 g/mol. The Bertz CT molecular complexity index is 566. The molecule has 112 valence electrons. The molecule has 0 bridgehead atoms. The van der Waals surface area contributed by atoms with Gasteiger partial charge in [-0.3, -0.25) is 0 Å². The fourth-order valence-corrected chi connectivity index (χ4v) is 2.29. The van der Waals surface area contributed by atoms with Gasteiger partial charge in [-0.15, -0.1) is 0 Å². The second-order valence-corrected chi connectivity index (χ2v) is 5.19. The number of aryl methyl sites for hydroxylation is 1. The van der Waals surface area contributed by atoms with Gasteiger partial charge in [-0.25, -0.2) is 0 Å². The summed E-state index contributed by atoms with van der Waals surface area (Å²) in [5.74, 6) is 0.820. The first-order valence-electron chi connectivity index (χ1n) is 7.26. The number of aliphatic hydroxyl groups is 1. The molecule has 0 spiro atoms. The Hall–Kier alpha value is -2.00. The monoisotopic (exact) mass is 285 g/mol. The van der Waals surface area contributed by atoms with E-state index in [1.54, 1.807) is 7.11 Å². The molecule has 2 aromatic rings. The van der Waals surface area contributed by atoms with Gasteiger partial charge in [0.1, 0.15) is 5.75 Å². The highest BCUT2D eigenvalue weighted by molar-refractivity contribution is 5.50. The van der Waals surface area contributed by atoms with Crippen LogP contribution in [-0.2, 0) is 6.42 Å². The summed E-state index contributed by atoms with van der Waals surface area (Å²) in [5, 5.41) is 10.4. The van der Waals surface area contributed by atoms with Gasteiger partial charge in [-0.1, -0.05) is 37.3 Å². The number of benzene rings is 2. The first kappa shape index (κ1) is 15.4. The highest BCUT2D eigenvalue weighted by atomic mass is 16.5. The topological polar surface area (TPSA) is 32.7 Å². The third kappa shape index (κ3) is 3.99. The maximum absolute atomic E-state index is 10.4. The van der Waals surface area contributed by atoms with Crippen molar-refractivity contribution in [2.75, 3.05) is 25.6 Å². The molecule has 0 saturated carbocycles. The number of nitrogens with zero attached hydrogens (tertiary/aromatic N) is 1. The first-order valence-corrected chi connectivity index (χ1v) is 7.26. The van der Waals surface area contributed by atoms with Crippen molar-refractivity contribution in [1.82, 2.24) is 0 Å². The first-order chi connectivity index (χ1) is 10.1. The van der Waals surface area contributed by atoms with E-state index in [0.29, 0.717) is 6.54 Å². The molecule has 0 heterocycles. The minimum Gasteiger partial charge on any atom is -0.497 e. The number of aliphatic hydroxyl groups excluding tert-OH is 1. The molecule has 1 unspecified atom stereocenters. The maximum Gasteiger partial charge on any atom is 0.120 e. The number of methoxy groups -OCH3 is 1. The van der Waals surface area contributed by atoms with Crippen LogP contribution < -0.4 is 9.64 Å². The van der Waals surface area contributed by atoms with Crippen molar-refractivity contribution in [3.8, 4) is 5.75 Å². The van der Waals surface area contributed by atoms with Crippen LogP contribution in [0, 0.1) is 0 Å². The lowest BCUT2D eigenvalue weighted by molar-refractivity contribution is 0.185. The summed E-state index contributed by atoms with van der Waals surface area (Å²) in [7, 11) is 3.63. The summed E-state index contributed by atoms with van der Waals surface area (Å²) in [6.45, 7) is 2.67. The molecule has 0 aliphatic heterocycles. The fraction of sp³-hybridized carbons (Fsp3) is 0.333. The molecular formula is C18H23NO2. The van der Waals surface area contributed by atoms with Crippen LogP contribution in [0.15, 0.2) is 48.5 Å². The third-order valence-corrected chi connectivity index (χ3v) is 3.71. The number of hydrogen-bond acceptors (Lipinski definition) is 3. The molecule has 0 amide bonds. The number of anilines is 1. The van der Waals surface area contributed by atoms with Crippen LogP contribution in [0.4, 0.5) is 5.69 Å². The third-order valence-electron chi connectivity index (χ3n) is 3.71. The van der Waals surface area contributed by atoms with Crippen LogP contribution in [0.25, 0.3) is 0 Å². The van der Waals surface area contributed by atoms with Crippen molar-refractivity contribution in [2.24, 2.45) is 0 Å². The average Bonchev–Trinajstić information content (AvgIpc) is 2.54. The zero-order valence-electron chi connectivity index (χ0n) is 12.9. The van der Waals surface area contributed by atoms with E-state index >= 15 is 0 Å². The normalized spacial score (nSPS) is 12.0. The zero-order chi connectivity index (χ0) is 15.2. The second kappa shape index (κ2) is 7.14. The molecule has 21 heavy (non-hydrogen) atoms. The molecule has 1 N–H and O–H groups in total. The molecule has 2 aromatic carbocycles. The van der Waals surface area contributed by atoms with E-state index in [1.165, 1.54) is 5.56 Å². The Morgan fingerprint density at radius 1 is 1.14 bits per heavy atom. The summed E-state index contributed by atoms with van der Waals surface area (Å²) in [6, 6.07) is 16.0. The summed E-state index contributed by atoms with van der Waals surface area (Å²) in [6.07, 6.45) is 0.507. The zero-order valence-corrected chi connectivity index (χ0v) is 12.9. The van der Waals surface area contributed by atoms with Crippen molar-refractivity contribution in [1.29, 1.82) is 0 Å². The van der Waals surface area contributed by atoms with Crippen molar-refractivity contribution < 1.29 is 9.84 Å². The van der Waals surface area contributed by atoms with Gasteiger partial charge in [-0.05, 0) is 29.7 Å². The quantitative estimate of drug-likeness (QED) is 0.882. The smallest absolute Gasteiger partial charge is 0.120 e. The van der Waals surface area contributed by atoms with E-state index in [0.717, 1.165) is 23.4 Å². The Balaban J connectivity index is 2.04. The molecule has 0 aliphatic carbocycles. The molecule has 0 aliphatic rings. The second-order valence-electron chi connectivity index (χ2n) is 5.19. The Morgan fingerprint density at radius 2 is 1.86 bits per heavy atom. The predicted molar refractivity (Wildman–Crippen MR) is 87.0 cm³/mol. The van der Waals surface area contributed by atoms with E-state index < -0.39 is 6.10 Å². The van der Waals surface area contributed by atoms with Crippen LogP contribution in [0.5, 0.6) is 5.75 Å². The molecule has 3 heteroatoms. The molecule has 0 saturated heterocycles. The molecule has 2 rings (SSSR count). The van der Waals surface area contributed by atoms with Gasteiger partial charge >= 0.3 is 0 Å². The highest BCUT2D eigenvalue weighted by Crippen LogP contribution is 2.22. The van der Waals surface area contributed by atoms with E-state index in [9.17, 15) is 5.11 Å². The van der Waals surface area contributed by atoms with Crippen LogP contribution in [0.2, 0.25) is 0 Å². The van der Waals surface area contributed by atoms with Gasteiger partial charge in [0.2, 0.25) is 0 Å². The van der Waals surface area contributed by atoms with Gasteiger partial charge in [0, 0.05) is 25.3 Å². The largest absolute Gasteiger partial charge is 0.497 e. The molecular weight excluding hydrogens is 262 g/mol. The molecule has 0 fully saturated rings. The van der Waals surface area contributed by atoms with Gasteiger partial charge in [-0.2, -0.15) is 0 Å². The van der Waals surface area contributed by atoms with Gasteiger partial charge in [0.05, 0.1) is 13.2 Å². The molecule has 1 atom stereocenters. The lowest BCUT2D eigenvalue weighted by atomic mass is 10.1. The van der Waals surface area contributed by atoms with Crippen LogP contribution in [0.1, 0.15) is 24.2 Å². The number of ether oxygens (including phenoxy) is 1. The van der Waals surface area contributed by atoms with Crippen LogP contribution in [-0.4, -0.2) is 25.8 Å². The number of likely N-dealkylation sites (N-methyl/N-ethyl adjacent to an activating group) is 1. The summed E-state index contributed by atoms with van der Waals surface area (Å²) in [4.78, 5) is 2.03. The van der Waals surface area contributed by atoms with Crippen molar-refractivity contribution in [3.05, 3.63) is 59.7 Å². The van der Waals surface area contributed by atoms with Crippen LogP contribution in [0.3, 0.4) is 0 Å². The van der Waals surface area contributed by atoms with Crippen molar-refractivity contribution in [3.63, 3.8) is 0 Å². The summed E-state index contributed by atoms with van der Waals surface area (Å²) >= 11 is 0. The molecule has 0 aromatic heterocycles. The Labute approximate surface area is 126 Å². The van der Waals surface area contributed by atoms with E-state index in [2.05, 4.69) is 19.1 Å². The van der Waals surface area contributed by atoms with Crippen molar-refractivity contribution in [2.45, 2.75) is 19.4 Å². The van der Waals surface area contributed by atoms with Crippen molar-refractivity contribution >= 4 is 5.69 Å². The van der Waals surface area contributed by atoms with E-state index in [1.807, 2.05) is 48.3 Å². The highest BCUT2D eigenvalue weighted by Gasteiger charge is 2.11. The minimum atomic E-state index is -0.507. The SMILES string of the molecule is CCc1ccc(C(O)CN(C)c2cccc(OC)c2)cc1. The standard InChI is InChI=1S/C18H23NO2/c1-4-14-8-10-15(11-9-14)18(20)13-19(2)16-6-5-7-17(12-16)21-3/h5-12,18,20H,4,13H2,1-3H3. The van der Waals surface area contributed by atoms with Gasteiger partial charge < -0.3 is 14.7 Å². The Morgan fingerprint density at radius 3 is 2.48 bits per heavy atom. The fourth-order valence-electron chi connectivity index (χ4n) is 2.29. The molecule has 3 nitrogen and oxygen atoms in total. The van der Waals surface area contributed by atoms with Gasteiger partial charge in [0.25, 0.3) is 0 Å². The molecule has 0 radical (unpaired) electrons. The van der Waals surface area contributed by atoms with Gasteiger partial charge in [0.15, 0.2) is 0 Å². The summed E-state index contributed by atoms with van der Waals surface area (Å²) in [5.41, 5.74) is 3.26. The maximum atomic E-state index is 10.4. The van der Waals surface area contributed by atoms with E-state index in [-0.39, 0.29) is 0 Å². The summed E-state index contributed by atoms with van der Waals surface area (Å²) < 4.78 is 5.23.